The summed E-state index contributed by atoms with van der Waals surface area (Å²) < 4.78 is 2.09. The van der Waals surface area contributed by atoms with Crippen molar-refractivity contribution in [3.05, 3.63) is 17.5 Å². The van der Waals surface area contributed by atoms with Crippen molar-refractivity contribution in [2.24, 2.45) is 5.92 Å². The molecule has 5 nitrogen and oxygen atoms in total. The second kappa shape index (κ2) is 5.86. The molecule has 1 atom stereocenters. The summed E-state index contributed by atoms with van der Waals surface area (Å²) in [6, 6.07) is 6.92. The summed E-state index contributed by atoms with van der Waals surface area (Å²) in [5.74, 6) is -0.0268. The third-order valence-corrected chi connectivity index (χ3v) is 3.59. The van der Waals surface area contributed by atoms with Crippen molar-refractivity contribution in [3.63, 3.8) is 0 Å². The molecule has 0 radical (unpaired) electrons. The Balaban J connectivity index is 1.82. The van der Waals surface area contributed by atoms with Gasteiger partial charge in [0.25, 0.3) is 0 Å². The molecule has 0 aliphatic carbocycles. The Kier molecular flexibility index (Phi) is 4.19. The number of hydrogen-bond acceptors (Lipinski definition) is 4. The van der Waals surface area contributed by atoms with E-state index in [0.29, 0.717) is 18.9 Å². The molecule has 100 valence electrons. The zero-order chi connectivity index (χ0) is 13.8. The van der Waals surface area contributed by atoms with Gasteiger partial charge in [-0.2, -0.15) is 15.6 Å². The fourth-order valence-corrected chi connectivity index (χ4v) is 2.61. The van der Waals surface area contributed by atoms with Crippen molar-refractivity contribution >= 4 is 0 Å². The first-order valence-corrected chi connectivity index (χ1v) is 6.65. The second-order valence-electron chi connectivity index (χ2n) is 5.27. The van der Waals surface area contributed by atoms with Crippen LogP contribution >= 0.6 is 0 Å². The third kappa shape index (κ3) is 3.13. The normalized spacial score (nSPS) is 17.5. The van der Waals surface area contributed by atoms with E-state index in [1.807, 2.05) is 6.92 Å². The Hall–Kier alpha value is -1.85. The van der Waals surface area contributed by atoms with E-state index in [4.69, 9.17) is 10.5 Å². The number of nitrogens with zero attached hydrogens (tertiary/aromatic N) is 5. The lowest BCUT2D eigenvalue weighted by molar-refractivity contribution is 0.0858. The lowest BCUT2D eigenvalue weighted by Crippen LogP contribution is -2.49. The van der Waals surface area contributed by atoms with Crippen LogP contribution in [0.5, 0.6) is 0 Å². The van der Waals surface area contributed by atoms with Crippen LogP contribution in [0.4, 0.5) is 0 Å². The number of likely N-dealkylation sites (tertiary alicyclic amines) is 1. The number of rotatable bonds is 5. The lowest BCUT2D eigenvalue weighted by atomic mass is 10.0. The van der Waals surface area contributed by atoms with E-state index >= 15 is 0 Å². The molecule has 0 aromatic carbocycles. The number of nitriles is 2. The van der Waals surface area contributed by atoms with Crippen molar-refractivity contribution in [2.45, 2.75) is 32.7 Å². The van der Waals surface area contributed by atoms with Gasteiger partial charge in [0.05, 0.1) is 29.8 Å². The Labute approximate surface area is 114 Å². The Morgan fingerprint density at radius 3 is 2.68 bits per heavy atom. The number of aromatic nitrogens is 2. The van der Waals surface area contributed by atoms with E-state index < -0.39 is 0 Å². The third-order valence-electron chi connectivity index (χ3n) is 3.59. The van der Waals surface area contributed by atoms with Crippen LogP contribution in [0.1, 0.15) is 30.3 Å². The minimum absolute atomic E-state index is 0.0268. The van der Waals surface area contributed by atoms with Crippen molar-refractivity contribution in [1.29, 1.82) is 10.5 Å². The standard InChI is InChI=1S/C14H19N5/c1-11-6-12(2)19(17-11)14-9-18(10-14)8-13(7-16)4-3-5-15/h6,13-14H,3-4,8-10H2,1-2H3. The van der Waals surface area contributed by atoms with E-state index in [1.165, 1.54) is 5.69 Å². The molecule has 0 amide bonds. The van der Waals surface area contributed by atoms with Crippen molar-refractivity contribution in [2.75, 3.05) is 19.6 Å². The van der Waals surface area contributed by atoms with Crippen molar-refractivity contribution in [3.8, 4) is 12.1 Å². The molecule has 0 bridgehead atoms. The summed E-state index contributed by atoms with van der Waals surface area (Å²) in [6.45, 7) is 6.76. The highest BCUT2D eigenvalue weighted by molar-refractivity contribution is 5.09. The summed E-state index contributed by atoms with van der Waals surface area (Å²) in [7, 11) is 0. The molecular weight excluding hydrogens is 238 g/mol. The zero-order valence-corrected chi connectivity index (χ0v) is 11.5. The highest BCUT2D eigenvalue weighted by Gasteiger charge is 2.31. The maximum absolute atomic E-state index is 9.05. The summed E-state index contributed by atoms with van der Waals surface area (Å²) in [5.41, 5.74) is 2.25. The highest BCUT2D eigenvalue weighted by atomic mass is 15.4. The first-order chi connectivity index (χ1) is 9.13. The van der Waals surface area contributed by atoms with Crippen LogP contribution in [0.25, 0.3) is 0 Å². The van der Waals surface area contributed by atoms with E-state index in [9.17, 15) is 0 Å². The minimum Gasteiger partial charge on any atom is -0.298 e. The van der Waals surface area contributed by atoms with E-state index in [0.717, 1.165) is 25.3 Å². The predicted molar refractivity (Wildman–Crippen MR) is 71.1 cm³/mol. The predicted octanol–water partition coefficient (Wildman–Crippen LogP) is 1.80. The van der Waals surface area contributed by atoms with Gasteiger partial charge in [0.2, 0.25) is 0 Å². The van der Waals surface area contributed by atoms with E-state index in [2.05, 4.69) is 39.8 Å². The second-order valence-corrected chi connectivity index (χ2v) is 5.27. The molecule has 1 saturated heterocycles. The molecule has 5 heteroatoms. The molecule has 1 aromatic heterocycles. The Bertz CT molecular complexity index is 513. The lowest BCUT2D eigenvalue weighted by Gasteiger charge is -2.40. The monoisotopic (exact) mass is 257 g/mol. The summed E-state index contributed by atoms with van der Waals surface area (Å²) in [5, 5.41) is 22.1. The van der Waals surface area contributed by atoms with Crippen LogP contribution in [0.2, 0.25) is 0 Å². The topological polar surface area (TPSA) is 68.6 Å². The molecule has 0 N–H and O–H groups in total. The molecule has 2 heterocycles. The van der Waals surface area contributed by atoms with Crippen molar-refractivity contribution < 1.29 is 0 Å². The van der Waals surface area contributed by atoms with Gasteiger partial charge in [-0.15, -0.1) is 0 Å². The summed E-state index contributed by atoms with van der Waals surface area (Å²) >= 11 is 0. The zero-order valence-electron chi connectivity index (χ0n) is 11.5. The maximum Gasteiger partial charge on any atom is 0.0775 e. The van der Waals surface area contributed by atoms with Crippen LogP contribution in [0.3, 0.4) is 0 Å². The molecule has 1 fully saturated rings. The SMILES string of the molecule is Cc1cc(C)n(C2CN(CC(C#N)CCC#N)C2)n1. The first kappa shape index (κ1) is 13.6. The first-order valence-electron chi connectivity index (χ1n) is 6.65. The van der Waals surface area contributed by atoms with Gasteiger partial charge in [-0.3, -0.25) is 9.58 Å². The van der Waals surface area contributed by atoms with Gasteiger partial charge < -0.3 is 0 Å². The molecule has 19 heavy (non-hydrogen) atoms. The fraction of sp³-hybridized carbons (Fsp3) is 0.643. The molecule has 1 aliphatic heterocycles. The van der Waals surface area contributed by atoms with Gasteiger partial charge in [0.15, 0.2) is 0 Å². The van der Waals surface area contributed by atoms with E-state index in [-0.39, 0.29) is 5.92 Å². The molecule has 1 aliphatic rings. The quantitative estimate of drug-likeness (QED) is 0.806. The maximum atomic E-state index is 9.05. The largest absolute Gasteiger partial charge is 0.298 e. The van der Waals surface area contributed by atoms with Crippen molar-refractivity contribution in [1.82, 2.24) is 14.7 Å². The van der Waals surface area contributed by atoms with E-state index in [1.54, 1.807) is 0 Å². The molecule has 0 spiro atoms. The van der Waals surface area contributed by atoms with Crippen LogP contribution in [-0.4, -0.2) is 34.3 Å². The number of aryl methyl sites for hydroxylation is 2. The fourth-order valence-electron chi connectivity index (χ4n) is 2.61. The minimum atomic E-state index is -0.0268. The summed E-state index contributed by atoms with van der Waals surface area (Å²) in [6.07, 6.45) is 1.14. The molecular formula is C14H19N5. The Morgan fingerprint density at radius 1 is 1.42 bits per heavy atom. The van der Waals surface area contributed by atoms with Crippen LogP contribution in [-0.2, 0) is 0 Å². The number of hydrogen-bond donors (Lipinski definition) is 0. The summed E-state index contributed by atoms with van der Waals surface area (Å²) in [4.78, 5) is 2.27. The molecule has 2 rings (SSSR count). The van der Waals surface area contributed by atoms with Crippen LogP contribution < -0.4 is 0 Å². The molecule has 0 saturated carbocycles. The van der Waals surface area contributed by atoms with Gasteiger partial charge in [0.1, 0.15) is 0 Å². The van der Waals surface area contributed by atoms with Gasteiger partial charge in [-0.1, -0.05) is 0 Å². The highest BCUT2D eigenvalue weighted by Crippen LogP contribution is 2.24. The van der Waals surface area contributed by atoms with Crippen LogP contribution in [0.15, 0.2) is 6.07 Å². The van der Waals surface area contributed by atoms with Gasteiger partial charge >= 0.3 is 0 Å². The van der Waals surface area contributed by atoms with Gasteiger partial charge in [-0.05, 0) is 26.3 Å². The van der Waals surface area contributed by atoms with Crippen LogP contribution in [0, 0.1) is 42.4 Å². The smallest absolute Gasteiger partial charge is 0.0775 e. The van der Waals surface area contributed by atoms with Gasteiger partial charge in [-0.25, -0.2) is 0 Å². The Morgan fingerprint density at radius 2 is 2.16 bits per heavy atom. The van der Waals surface area contributed by atoms with Gasteiger partial charge in [0, 0.05) is 31.7 Å². The molecule has 1 unspecified atom stereocenters. The average Bonchev–Trinajstić information content (AvgIpc) is 2.66. The molecule has 1 aromatic rings. The average molecular weight is 257 g/mol.